The summed E-state index contributed by atoms with van der Waals surface area (Å²) in [6.45, 7) is 0. The summed E-state index contributed by atoms with van der Waals surface area (Å²) in [5.41, 5.74) is 0. The van der Waals surface area contributed by atoms with Crippen molar-refractivity contribution >= 4 is 20.2 Å². The van der Waals surface area contributed by atoms with Gasteiger partial charge < -0.3 is 0 Å². The van der Waals surface area contributed by atoms with Gasteiger partial charge >= 0.3 is 57.9 Å². The van der Waals surface area contributed by atoms with Gasteiger partial charge in [0.05, 0.1) is 0 Å². The van der Waals surface area contributed by atoms with Crippen LogP contribution < -0.4 is 0 Å². The third-order valence-electron chi connectivity index (χ3n) is 0.0797. The Morgan fingerprint density at radius 2 is 1.33 bits per heavy atom. The Labute approximate surface area is 57.7 Å². The standard InChI is InChI=1S/C2.2ClH.2Cu/c1-2;;;;/h;2*1H;;/q;;;2*+1/p-2. The van der Waals surface area contributed by atoms with Crippen molar-refractivity contribution in [3.63, 3.8) is 0 Å². The van der Waals surface area contributed by atoms with E-state index in [1.54, 1.807) is 0 Å². The predicted octanol–water partition coefficient (Wildman–Crippen LogP) is 1.38. The molecule has 0 saturated carbocycles. The zero-order valence-corrected chi connectivity index (χ0v) is 5.75. The Bertz CT molecular complexity index is 63.4. The summed E-state index contributed by atoms with van der Waals surface area (Å²) >= 11 is 2.00. The summed E-state index contributed by atoms with van der Waals surface area (Å²) in [6.07, 6.45) is 0. The summed E-state index contributed by atoms with van der Waals surface area (Å²) in [7, 11) is 10.1. The molecule has 0 saturated heterocycles. The molecule has 0 rings (SSSR count). The summed E-state index contributed by atoms with van der Waals surface area (Å²) in [6, 6.07) is 0. The third kappa shape index (κ3) is 5.18. The van der Waals surface area contributed by atoms with E-state index in [0.29, 0.717) is 0 Å². The third-order valence-corrected chi connectivity index (χ3v) is 1.09. The molecule has 0 aromatic carbocycles. The Balaban J connectivity index is 2.90. The molecule has 0 aromatic heterocycles. The van der Waals surface area contributed by atoms with E-state index in [0.717, 1.165) is 28.1 Å². The van der Waals surface area contributed by atoms with Gasteiger partial charge in [0.15, 0.2) is 0 Å². The second-order valence-corrected chi connectivity index (χ2v) is 2.03. The molecular weight excluding hydrogens is 222 g/mol. The quantitative estimate of drug-likeness (QED) is 0.429. The second-order valence-electron chi connectivity index (χ2n) is 0.265. The van der Waals surface area contributed by atoms with Gasteiger partial charge in [-0.05, 0) is 0 Å². The van der Waals surface area contributed by atoms with Crippen molar-refractivity contribution in [3.05, 3.63) is 0 Å². The predicted molar refractivity (Wildman–Crippen MR) is 19.5 cm³/mol. The van der Waals surface area contributed by atoms with Crippen LogP contribution in [0.1, 0.15) is 0 Å². The van der Waals surface area contributed by atoms with Crippen molar-refractivity contribution in [2.75, 3.05) is 0 Å². The van der Waals surface area contributed by atoms with Gasteiger partial charge in [0.1, 0.15) is 0 Å². The van der Waals surface area contributed by atoms with Gasteiger partial charge in [-0.3, -0.25) is 0 Å². The maximum atomic E-state index is 5.04. The van der Waals surface area contributed by atoms with Crippen LogP contribution in [0.2, 0.25) is 0 Å². The van der Waals surface area contributed by atoms with E-state index in [2.05, 4.69) is 9.64 Å². The first-order valence-electron chi connectivity index (χ1n) is 0.779. The van der Waals surface area contributed by atoms with Crippen LogP contribution in [0, 0.1) is 9.64 Å². The van der Waals surface area contributed by atoms with Gasteiger partial charge in [-0.1, -0.05) is 0 Å². The monoisotopic (exact) mass is 220 g/mol. The molecular formula is C2Cl2Cu2. The number of rotatable bonds is 0. The first kappa shape index (κ1) is 7.18. The van der Waals surface area contributed by atoms with Crippen molar-refractivity contribution in [2.24, 2.45) is 0 Å². The fourth-order valence-electron chi connectivity index (χ4n) is 0.0172. The molecule has 0 unspecified atom stereocenters. The van der Waals surface area contributed by atoms with Gasteiger partial charge in [-0.15, -0.1) is 0 Å². The van der Waals surface area contributed by atoms with Crippen LogP contribution in [-0.2, 0) is 28.1 Å². The fourth-order valence-corrected chi connectivity index (χ4v) is 0.876. The van der Waals surface area contributed by atoms with E-state index in [1.807, 2.05) is 0 Å². The number of hydrogen-bond acceptors (Lipinski definition) is 0. The van der Waals surface area contributed by atoms with Gasteiger partial charge in [0, 0.05) is 0 Å². The summed E-state index contributed by atoms with van der Waals surface area (Å²) in [5, 5.41) is 0. The molecule has 6 heavy (non-hydrogen) atoms. The van der Waals surface area contributed by atoms with Crippen LogP contribution in [0.3, 0.4) is 0 Å². The molecule has 0 N–H and O–H groups in total. The summed E-state index contributed by atoms with van der Waals surface area (Å²) < 4.78 is 0. The molecule has 0 aliphatic rings. The molecule has 0 nitrogen and oxygen atoms in total. The SMILES string of the molecule is [Cl][Cu][C]#[C][Cu][Cl]. The Morgan fingerprint density at radius 1 is 1.00 bits per heavy atom. The zero-order valence-electron chi connectivity index (χ0n) is 2.36. The van der Waals surface area contributed by atoms with Crippen molar-refractivity contribution in [2.45, 2.75) is 0 Å². The molecule has 0 aliphatic carbocycles. The molecule has 44 valence electrons. The van der Waals surface area contributed by atoms with Crippen LogP contribution in [0.15, 0.2) is 0 Å². The minimum absolute atomic E-state index is 1.00. The van der Waals surface area contributed by atoms with Crippen LogP contribution in [0.4, 0.5) is 0 Å². The molecule has 0 radical (unpaired) electrons. The molecule has 0 heterocycles. The van der Waals surface area contributed by atoms with E-state index in [4.69, 9.17) is 20.2 Å². The van der Waals surface area contributed by atoms with Crippen molar-refractivity contribution in [1.82, 2.24) is 0 Å². The molecule has 0 bridgehead atoms. The summed E-state index contributed by atoms with van der Waals surface area (Å²) in [4.78, 5) is 4.89. The molecule has 4 heteroatoms. The van der Waals surface area contributed by atoms with Crippen LogP contribution in [0.5, 0.6) is 0 Å². The van der Waals surface area contributed by atoms with Crippen molar-refractivity contribution < 1.29 is 28.1 Å². The van der Waals surface area contributed by atoms with E-state index in [9.17, 15) is 0 Å². The van der Waals surface area contributed by atoms with Crippen molar-refractivity contribution in [1.29, 1.82) is 0 Å². The zero-order chi connectivity index (χ0) is 4.83. The van der Waals surface area contributed by atoms with Crippen LogP contribution in [0.25, 0.3) is 0 Å². The molecule has 0 spiro atoms. The molecule has 0 aromatic rings. The van der Waals surface area contributed by atoms with E-state index < -0.39 is 0 Å². The average molecular weight is 222 g/mol. The van der Waals surface area contributed by atoms with Crippen LogP contribution in [-0.4, -0.2) is 0 Å². The maximum absolute atomic E-state index is 5.04. The van der Waals surface area contributed by atoms with Gasteiger partial charge in [-0.25, -0.2) is 0 Å². The van der Waals surface area contributed by atoms with E-state index in [-0.39, 0.29) is 0 Å². The normalized spacial score (nSPS) is 7.67. The molecule has 0 aliphatic heterocycles. The molecule has 0 amide bonds. The minimum atomic E-state index is 1.00. The van der Waals surface area contributed by atoms with Gasteiger partial charge in [0.2, 0.25) is 0 Å². The topological polar surface area (TPSA) is 0 Å². The van der Waals surface area contributed by atoms with Crippen LogP contribution >= 0.6 is 20.2 Å². The van der Waals surface area contributed by atoms with E-state index in [1.165, 1.54) is 0 Å². The first-order valence-corrected chi connectivity index (χ1v) is 4.31. The average Bonchev–Trinajstić information content (AvgIpc) is 1.61. The van der Waals surface area contributed by atoms with Gasteiger partial charge in [-0.2, -0.15) is 0 Å². The molecule has 0 fully saturated rings. The summed E-state index contributed by atoms with van der Waals surface area (Å²) in [5.74, 6) is 0. The number of hydrogen-bond donors (Lipinski definition) is 0. The van der Waals surface area contributed by atoms with Crippen molar-refractivity contribution in [3.8, 4) is 9.64 Å². The Kier molecular flexibility index (Phi) is 7.39. The van der Waals surface area contributed by atoms with Gasteiger partial charge in [0.25, 0.3) is 0 Å². The van der Waals surface area contributed by atoms with E-state index >= 15 is 0 Å². The first-order chi connectivity index (χ1) is 2.91. The fraction of sp³-hybridized carbons (Fsp3) is 0. The molecule has 0 atom stereocenters. The Morgan fingerprint density at radius 3 is 1.50 bits per heavy atom. The number of halogens is 2. The second kappa shape index (κ2) is 6.18. The Hall–Kier alpha value is 1.18.